The standard InChI is InChI=1S/C9H14N4O3/c1-2-16-9(14)8-7(11-13-12-8)6-5-15-4-3-10-6/h6,10H,2-5H2,1H3,(H,11,12,13). The second-order valence-corrected chi connectivity index (χ2v) is 3.36. The fourth-order valence-electron chi connectivity index (χ4n) is 1.57. The van der Waals surface area contributed by atoms with Gasteiger partial charge >= 0.3 is 5.97 Å². The maximum Gasteiger partial charge on any atom is 0.360 e. The monoisotopic (exact) mass is 226 g/mol. The number of morpholine rings is 1. The van der Waals surface area contributed by atoms with Crippen LogP contribution in [0.15, 0.2) is 0 Å². The second kappa shape index (κ2) is 5.04. The van der Waals surface area contributed by atoms with E-state index in [0.29, 0.717) is 25.5 Å². The molecule has 0 aliphatic carbocycles. The van der Waals surface area contributed by atoms with Crippen molar-refractivity contribution in [2.75, 3.05) is 26.4 Å². The number of ether oxygens (including phenoxy) is 2. The number of H-pyrrole nitrogens is 1. The molecule has 1 unspecified atom stereocenters. The Morgan fingerprint density at radius 1 is 1.62 bits per heavy atom. The van der Waals surface area contributed by atoms with Gasteiger partial charge in [-0.1, -0.05) is 0 Å². The summed E-state index contributed by atoms with van der Waals surface area (Å²) in [5, 5.41) is 13.4. The minimum atomic E-state index is -0.460. The SMILES string of the molecule is CCOC(=O)c1n[nH]nc1C1COCCN1. The third kappa shape index (κ3) is 2.20. The second-order valence-electron chi connectivity index (χ2n) is 3.36. The van der Waals surface area contributed by atoms with Crippen LogP contribution in [0.1, 0.15) is 29.1 Å². The number of esters is 1. The predicted molar refractivity (Wildman–Crippen MR) is 53.9 cm³/mol. The van der Waals surface area contributed by atoms with E-state index in [4.69, 9.17) is 9.47 Å². The van der Waals surface area contributed by atoms with Crippen LogP contribution in [-0.4, -0.2) is 47.7 Å². The molecule has 1 saturated heterocycles. The minimum Gasteiger partial charge on any atom is -0.461 e. The number of carbonyl (C=O) groups excluding carboxylic acids is 1. The first kappa shape index (κ1) is 11.0. The number of rotatable bonds is 3. The molecule has 1 aliphatic rings. The first-order valence-corrected chi connectivity index (χ1v) is 5.21. The molecule has 0 saturated carbocycles. The van der Waals surface area contributed by atoms with Crippen LogP contribution in [0.25, 0.3) is 0 Å². The smallest absolute Gasteiger partial charge is 0.360 e. The van der Waals surface area contributed by atoms with E-state index in [1.807, 2.05) is 0 Å². The van der Waals surface area contributed by atoms with Crippen LogP contribution < -0.4 is 5.32 Å². The molecule has 1 aliphatic heterocycles. The first-order chi connectivity index (χ1) is 7.83. The molecule has 2 N–H and O–H groups in total. The van der Waals surface area contributed by atoms with E-state index in [-0.39, 0.29) is 11.7 Å². The van der Waals surface area contributed by atoms with Crippen LogP contribution in [0, 0.1) is 0 Å². The van der Waals surface area contributed by atoms with Crippen LogP contribution >= 0.6 is 0 Å². The van der Waals surface area contributed by atoms with E-state index in [0.717, 1.165) is 6.54 Å². The Labute approximate surface area is 92.5 Å². The van der Waals surface area contributed by atoms with Crippen LogP contribution in [0.5, 0.6) is 0 Å². The Morgan fingerprint density at radius 2 is 2.50 bits per heavy atom. The van der Waals surface area contributed by atoms with Gasteiger partial charge in [0.15, 0.2) is 5.69 Å². The average molecular weight is 226 g/mol. The molecular formula is C9H14N4O3. The molecule has 0 bridgehead atoms. The lowest BCUT2D eigenvalue weighted by atomic mass is 10.1. The highest BCUT2D eigenvalue weighted by Crippen LogP contribution is 2.16. The van der Waals surface area contributed by atoms with Gasteiger partial charge in [0.25, 0.3) is 0 Å². The number of hydrogen-bond donors (Lipinski definition) is 2. The summed E-state index contributed by atoms with van der Waals surface area (Å²) in [5.41, 5.74) is 0.781. The Bertz CT molecular complexity index is 359. The highest BCUT2D eigenvalue weighted by atomic mass is 16.5. The first-order valence-electron chi connectivity index (χ1n) is 5.21. The largest absolute Gasteiger partial charge is 0.461 e. The molecule has 7 nitrogen and oxygen atoms in total. The highest BCUT2D eigenvalue weighted by Gasteiger charge is 2.26. The average Bonchev–Trinajstić information content (AvgIpc) is 2.79. The fourth-order valence-corrected chi connectivity index (χ4v) is 1.57. The lowest BCUT2D eigenvalue weighted by Gasteiger charge is -2.22. The van der Waals surface area contributed by atoms with Gasteiger partial charge in [-0.05, 0) is 6.92 Å². The van der Waals surface area contributed by atoms with E-state index in [1.54, 1.807) is 6.92 Å². The Kier molecular flexibility index (Phi) is 3.47. The maximum atomic E-state index is 11.6. The maximum absolute atomic E-state index is 11.6. The van der Waals surface area contributed by atoms with Crippen LogP contribution in [0.2, 0.25) is 0 Å². The van der Waals surface area contributed by atoms with Crippen LogP contribution in [0.3, 0.4) is 0 Å². The van der Waals surface area contributed by atoms with Gasteiger partial charge in [-0.2, -0.15) is 10.3 Å². The van der Waals surface area contributed by atoms with Crippen molar-refractivity contribution in [1.82, 2.24) is 20.7 Å². The summed E-state index contributed by atoms with van der Waals surface area (Å²) in [6.07, 6.45) is 0. The van der Waals surface area contributed by atoms with Gasteiger partial charge in [0.2, 0.25) is 0 Å². The van der Waals surface area contributed by atoms with Gasteiger partial charge in [0, 0.05) is 6.54 Å². The molecule has 0 amide bonds. The zero-order chi connectivity index (χ0) is 11.4. The number of hydrogen-bond acceptors (Lipinski definition) is 6. The summed E-state index contributed by atoms with van der Waals surface area (Å²) in [6.45, 7) is 3.96. The molecule has 2 heterocycles. The summed E-state index contributed by atoms with van der Waals surface area (Å²) in [4.78, 5) is 11.6. The van der Waals surface area contributed by atoms with Crippen molar-refractivity contribution >= 4 is 5.97 Å². The molecule has 7 heteroatoms. The molecule has 0 aromatic carbocycles. The number of aromatic amines is 1. The molecule has 1 aromatic heterocycles. The van der Waals surface area contributed by atoms with Gasteiger partial charge < -0.3 is 14.8 Å². The number of nitrogens with zero attached hydrogens (tertiary/aromatic N) is 2. The fraction of sp³-hybridized carbons (Fsp3) is 0.667. The van der Waals surface area contributed by atoms with E-state index >= 15 is 0 Å². The van der Waals surface area contributed by atoms with E-state index in [9.17, 15) is 4.79 Å². The quantitative estimate of drug-likeness (QED) is 0.684. The minimum absolute atomic E-state index is 0.105. The summed E-state index contributed by atoms with van der Waals surface area (Å²) in [6, 6.07) is -0.105. The van der Waals surface area contributed by atoms with Crippen molar-refractivity contribution in [1.29, 1.82) is 0 Å². The molecule has 1 aromatic rings. The lowest BCUT2D eigenvalue weighted by molar-refractivity contribution is 0.0508. The van der Waals surface area contributed by atoms with Crippen LogP contribution in [0.4, 0.5) is 0 Å². The van der Waals surface area contributed by atoms with E-state index < -0.39 is 5.97 Å². The van der Waals surface area contributed by atoms with Crippen molar-refractivity contribution in [2.45, 2.75) is 13.0 Å². The molecule has 0 radical (unpaired) electrons. The number of aromatic nitrogens is 3. The van der Waals surface area contributed by atoms with Crippen molar-refractivity contribution in [2.24, 2.45) is 0 Å². The Balaban J connectivity index is 2.14. The molecule has 2 rings (SSSR count). The van der Waals surface area contributed by atoms with E-state index in [2.05, 4.69) is 20.7 Å². The predicted octanol–water partition coefficient (Wildman–Crippen LogP) is -0.358. The van der Waals surface area contributed by atoms with Gasteiger partial charge in [-0.3, -0.25) is 0 Å². The highest BCUT2D eigenvalue weighted by molar-refractivity contribution is 5.88. The van der Waals surface area contributed by atoms with Crippen LogP contribution in [-0.2, 0) is 9.47 Å². The summed E-state index contributed by atoms with van der Waals surface area (Å²) < 4.78 is 10.2. The molecular weight excluding hydrogens is 212 g/mol. The number of carbonyl (C=O) groups is 1. The van der Waals surface area contributed by atoms with Gasteiger partial charge in [-0.15, -0.1) is 5.10 Å². The molecule has 16 heavy (non-hydrogen) atoms. The number of nitrogens with one attached hydrogen (secondary N) is 2. The van der Waals surface area contributed by atoms with Gasteiger partial charge in [0.1, 0.15) is 5.69 Å². The Hall–Kier alpha value is -1.47. The third-order valence-corrected chi connectivity index (χ3v) is 2.30. The summed E-state index contributed by atoms with van der Waals surface area (Å²) >= 11 is 0. The molecule has 88 valence electrons. The van der Waals surface area contributed by atoms with Crippen molar-refractivity contribution < 1.29 is 14.3 Å². The van der Waals surface area contributed by atoms with Crippen molar-refractivity contribution in [3.8, 4) is 0 Å². The van der Waals surface area contributed by atoms with E-state index in [1.165, 1.54) is 0 Å². The summed E-state index contributed by atoms with van der Waals surface area (Å²) in [5.74, 6) is -0.460. The topological polar surface area (TPSA) is 89.1 Å². The third-order valence-electron chi connectivity index (χ3n) is 2.30. The van der Waals surface area contributed by atoms with Gasteiger partial charge in [0.05, 0.1) is 25.9 Å². The van der Waals surface area contributed by atoms with Crippen molar-refractivity contribution in [3.05, 3.63) is 11.4 Å². The molecule has 0 spiro atoms. The van der Waals surface area contributed by atoms with Crippen molar-refractivity contribution in [3.63, 3.8) is 0 Å². The zero-order valence-electron chi connectivity index (χ0n) is 9.02. The summed E-state index contributed by atoms with van der Waals surface area (Å²) in [7, 11) is 0. The zero-order valence-corrected chi connectivity index (χ0v) is 9.02. The molecule has 1 atom stereocenters. The Morgan fingerprint density at radius 3 is 3.19 bits per heavy atom. The van der Waals surface area contributed by atoms with Gasteiger partial charge in [-0.25, -0.2) is 4.79 Å². The molecule has 1 fully saturated rings. The lowest BCUT2D eigenvalue weighted by Crippen LogP contribution is -2.35. The normalized spacial score (nSPS) is 20.7.